The van der Waals surface area contributed by atoms with E-state index in [0.29, 0.717) is 17.3 Å². The van der Waals surface area contributed by atoms with Gasteiger partial charge < -0.3 is 15.6 Å². The van der Waals surface area contributed by atoms with Gasteiger partial charge in [0.25, 0.3) is 5.91 Å². The molecule has 4 nitrogen and oxygen atoms in total. The summed E-state index contributed by atoms with van der Waals surface area (Å²) in [5.41, 5.74) is 7.10. The molecule has 2 fully saturated rings. The summed E-state index contributed by atoms with van der Waals surface area (Å²) >= 11 is 0. The molecule has 1 amide bonds. The molecule has 19 heavy (non-hydrogen) atoms. The lowest BCUT2D eigenvalue weighted by Crippen LogP contribution is -2.32. The first kappa shape index (κ1) is 12.6. The minimum Gasteiger partial charge on any atom is -0.397 e. The Hall–Kier alpha value is -1.45. The maximum absolute atomic E-state index is 12.2. The van der Waals surface area contributed by atoms with E-state index in [1.54, 1.807) is 6.07 Å². The molecule has 1 heterocycles. The van der Waals surface area contributed by atoms with E-state index < -0.39 is 0 Å². The highest BCUT2D eigenvalue weighted by atomic mass is 16.1. The monoisotopic (exact) mass is 261 g/mol. The molecule has 2 aliphatic carbocycles. The topological polar surface area (TPSA) is 60.0 Å². The average molecular weight is 261 g/mol. The zero-order valence-corrected chi connectivity index (χ0v) is 11.6. The minimum atomic E-state index is 0.0151. The smallest absolute Gasteiger partial charge is 0.267 e. The van der Waals surface area contributed by atoms with Crippen molar-refractivity contribution in [2.45, 2.75) is 39.2 Å². The zero-order chi connectivity index (χ0) is 13.4. The number of anilines is 1. The van der Waals surface area contributed by atoms with Crippen LogP contribution >= 0.6 is 0 Å². The van der Waals surface area contributed by atoms with E-state index in [-0.39, 0.29) is 5.91 Å². The summed E-state index contributed by atoms with van der Waals surface area (Å²) in [4.78, 5) is 12.2. The number of carbonyl (C=O) groups is 1. The van der Waals surface area contributed by atoms with Gasteiger partial charge >= 0.3 is 0 Å². The van der Waals surface area contributed by atoms with Crippen molar-refractivity contribution in [3.63, 3.8) is 0 Å². The highest BCUT2D eigenvalue weighted by Gasteiger charge is 2.39. The molecule has 4 heteroatoms. The molecule has 3 atom stereocenters. The van der Waals surface area contributed by atoms with Crippen LogP contribution in [0.15, 0.2) is 12.3 Å². The first-order valence-electron chi connectivity index (χ1n) is 7.41. The molecule has 3 rings (SSSR count). The summed E-state index contributed by atoms with van der Waals surface area (Å²) in [6.45, 7) is 3.62. The first-order chi connectivity index (χ1) is 9.17. The van der Waals surface area contributed by atoms with Crippen molar-refractivity contribution in [3.05, 3.63) is 18.0 Å². The van der Waals surface area contributed by atoms with Gasteiger partial charge in [0.1, 0.15) is 5.69 Å². The summed E-state index contributed by atoms with van der Waals surface area (Å²) in [7, 11) is 0. The SMILES string of the molecule is CCn1cc(N)cc1C(=O)NCC1CC2CCC1C2. The van der Waals surface area contributed by atoms with Crippen LogP contribution in [0.5, 0.6) is 0 Å². The second-order valence-corrected chi connectivity index (χ2v) is 6.09. The number of aryl methyl sites for hydroxylation is 1. The number of nitrogen functional groups attached to an aromatic ring is 1. The van der Waals surface area contributed by atoms with Crippen molar-refractivity contribution in [3.8, 4) is 0 Å². The molecule has 2 saturated carbocycles. The third-order valence-electron chi connectivity index (χ3n) is 4.90. The lowest BCUT2D eigenvalue weighted by atomic mass is 9.89. The Labute approximate surface area is 114 Å². The molecule has 3 N–H and O–H groups in total. The van der Waals surface area contributed by atoms with Gasteiger partial charge in [0.2, 0.25) is 0 Å². The van der Waals surface area contributed by atoms with Crippen LogP contribution in [0.1, 0.15) is 43.1 Å². The number of nitrogens with two attached hydrogens (primary N) is 1. The fourth-order valence-corrected chi connectivity index (χ4v) is 3.93. The van der Waals surface area contributed by atoms with Crippen LogP contribution in [0.25, 0.3) is 0 Å². The molecule has 0 radical (unpaired) electrons. The molecule has 1 aromatic heterocycles. The third kappa shape index (κ3) is 2.36. The van der Waals surface area contributed by atoms with Crippen LogP contribution in [-0.4, -0.2) is 17.0 Å². The van der Waals surface area contributed by atoms with E-state index in [0.717, 1.165) is 24.9 Å². The lowest BCUT2D eigenvalue weighted by molar-refractivity contribution is 0.0932. The number of hydrogen-bond donors (Lipinski definition) is 2. The van der Waals surface area contributed by atoms with E-state index in [4.69, 9.17) is 5.73 Å². The van der Waals surface area contributed by atoms with Crippen molar-refractivity contribution in [2.24, 2.45) is 17.8 Å². The average Bonchev–Trinajstić information content (AvgIpc) is 3.09. The van der Waals surface area contributed by atoms with Gasteiger partial charge in [-0.25, -0.2) is 0 Å². The fourth-order valence-electron chi connectivity index (χ4n) is 3.93. The molecule has 0 aromatic carbocycles. The molecule has 3 unspecified atom stereocenters. The number of hydrogen-bond acceptors (Lipinski definition) is 2. The predicted octanol–water partition coefficient (Wildman–Crippen LogP) is 2.26. The summed E-state index contributed by atoms with van der Waals surface area (Å²) < 4.78 is 1.91. The summed E-state index contributed by atoms with van der Waals surface area (Å²) in [6, 6.07) is 1.76. The minimum absolute atomic E-state index is 0.0151. The lowest BCUT2D eigenvalue weighted by Gasteiger charge is -2.21. The van der Waals surface area contributed by atoms with Crippen LogP contribution < -0.4 is 11.1 Å². The first-order valence-corrected chi connectivity index (χ1v) is 7.41. The number of amides is 1. The number of aromatic nitrogens is 1. The Morgan fingerprint density at radius 3 is 2.95 bits per heavy atom. The van der Waals surface area contributed by atoms with Crippen molar-refractivity contribution < 1.29 is 4.79 Å². The molecule has 0 saturated heterocycles. The van der Waals surface area contributed by atoms with Gasteiger partial charge in [-0.05, 0) is 50.0 Å². The summed E-state index contributed by atoms with van der Waals surface area (Å²) in [5, 5.41) is 3.10. The number of carbonyl (C=O) groups excluding carboxylic acids is 1. The van der Waals surface area contributed by atoms with Gasteiger partial charge in [0.05, 0.1) is 5.69 Å². The van der Waals surface area contributed by atoms with Crippen LogP contribution in [-0.2, 0) is 6.54 Å². The summed E-state index contributed by atoms with van der Waals surface area (Å²) in [5.74, 6) is 2.50. The normalized spacial score (nSPS) is 28.8. The standard InChI is InChI=1S/C15H23N3O/c1-2-18-9-13(16)7-14(18)15(19)17-8-12-6-10-3-4-11(12)5-10/h7,9-12H,2-6,8,16H2,1H3,(H,17,19). The molecule has 2 aliphatic rings. The Bertz CT molecular complexity index is 480. The Morgan fingerprint density at radius 1 is 1.47 bits per heavy atom. The molecule has 2 bridgehead atoms. The van der Waals surface area contributed by atoms with Crippen LogP contribution in [0.4, 0.5) is 5.69 Å². The largest absolute Gasteiger partial charge is 0.397 e. The molecule has 1 aromatic rings. The van der Waals surface area contributed by atoms with Gasteiger partial charge in [-0.2, -0.15) is 0 Å². The van der Waals surface area contributed by atoms with Gasteiger partial charge in [-0.1, -0.05) is 6.42 Å². The zero-order valence-electron chi connectivity index (χ0n) is 11.6. The van der Waals surface area contributed by atoms with E-state index in [1.807, 2.05) is 17.7 Å². The van der Waals surface area contributed by atoms with Crippen molar-refractivity contribution >= 4 is 11.6 Å². The van der Waals surface area contributed by atoms with Crippen LogP contribution in [0, 0.1) is 17.8 Å². The fraction of sp³-hybridized carbons (Fsp3) is 0.667. The van der Waals surface area contributed by atoms with E-state index in [2.05, 4.69) is 5.32 Å². The molecular weight excluding hydrogens is 238 g/mol. The number of fused-ring (bicyclic) bond motifs is 2. The second-order valence-electron chi connectivity index (χ2n) is 6.09. The number of rotatable bonds is 4. The number of nitrogens with zero attached hydrogens (tertiary/aromatic N) is 1. The molecule has 0 spiro atoms. The van der Waals surface area contributed by atoms with Gasteiger partial charge in [-0.15, -0.1) is 0 Å². The highest BCUT2D eigenvalue weighted by Crippen LogP contribution is 2.47. The van der Waals surface area contributed by atoms with Crippen molar-refractivity contribution in [2.75, 3.05) is 12.3 Å². The van der Waals surface area contributed by atoms with E-state index in [9.17, 15) is 4.79 Å². The molecule has 104 valence electrons. The quantitative estimate of drug-likeness (QED) is 0.873. The van der Waals surface area contributed by atoms with Crippen LogP contribution in [0.2, 0.25) is 0 Å². The van der Waals surface area contributed by atoms with E-state index in [1.165, 1.54) is 25.7 Å². The van der Waals surface area contributed by atoms with Crippen molar-refractivity contribution in [1.29, 1.82) is 0 Å². The molecule has 0 aliphatic heterocycles. The third-order valence-corrected chi connectivity index (χ3v) is 4.90. The maximum atomic E-state index is 12.2. The Morgan fingerprint density at radius 2 is 2.32 bits per heavy atom. The predicted molar refractivity (Wildman–Crippen MR) is 75.8 cm³/mol. The highest BCUT2D eigenvalue weighted by molar-refractivity contribution is 5.93. The van der Waals surface area contributed by atoms with Crippen LogP contribution in [0.3, 0.4) is 0 Å². The second kappa shape index (κ2) is 4.91. The van der Waals surface area contributed by atoms with Crippen molar-refractivity contribution in [1.82, 2.24) is 9.88 Å². The summed E-state index contributed by atoms with van der Waals surface area (Å²) in [6.07, 6.45) is 7.29. The van der Waals surface area contributed by atoms with Gasteiger partial charge in [0.15, 0.2) is 0 Å². The number of nitrogens with one attached hydrogen (secondary N) is 1. The van der Waals surface area contributed by atoms with E-state index >= 15 is 0 Å². The Kier molecular flexibility index (Phi) is 3.25. The van der Waals surface area contributed by atoms with Gasteiger partial charge in [0, 0.05) is 19.3 Å². The molecular formula is C15H23N3O. The Balaban J connectivity index is 1.59. The van der Waals surface area contributed by atoms with Gasteiger partial charge in [-0.3, -0.25) is 4.79 Å². The maximum Gasteiger partial charge on any atom is 0.267 e.